The van der Waals surface area contributed by atoms with E-state index in [2.05, 4.69) is 4.74 Å². The number of ether oxygens (including phenoxy) is 2. The van der Waals surface area contributed by atoms with E-state index in [1.165, 1.54) is 6.92 Å². The van der Waals surface area contributed by atoms with Crippen LogP contribution < -0.4 is 0 Å². The van der Waals surface area contributed by atoms with Crippen LogP contribution in [-0.4, -0.2) is 30.7 Å². The van der Waals surface area contributed by atoms with E-state index in [9.17, 15) is 13.6 Å². The van der Waals surface area contributed by atoms with Crippen LogP contribution in [0.1, 0.15) is 34.1 Å². The molecule has 0 aliphatic rings. The van der Waals surface area contributed by atoms with Gasteiger partial charge in [-0.15, -0.1) is 0 Å². The van der Waals surface area contributed by atoms with E-state index in [-0.39, 0.29) is 13.2 Å². The molecule has 0 aromatic rings. The van der Waals surface area contributed by atoms with Crippen molar-refractivity contribution in [3.8, 4) is 0 Å². The third-order valence-electron chi connectivity index (χ3n) is 1.53. The maximum atomic E-state index is 13.0. The zero-order chi connectivity index (χ0) is 12.1. The van der Waals surface area contributed by atoms with Gasteiger partial charge in [-0.25, -0.2) is 4.79 Å². The van der Waals surface area contributed by atoms with Gasteiger partial charge >= 0.3 is 11.9 Å². The van der Waals surface area contributed by atoms with Crippen molar-refractivity contribution in [2.75, 3.05) is 13.2 Å². The third-order valence-corrected chi connectivity index (χ3v) is 1.53. The van der Waals surface area contributed by atoms with Gasteiger partial charge in [0.25, 0.3) is 0 Å². The van der Waals surface area contributed by atoms with Crippen LogP contribution in [0.25, 0.3) is 0 Å². The average molecular weight is 224 g/mol. The first-order chi connectivity index (χ1) is 6.69. The number of esters is 1. The molecule has 0 aliphatic carbocycles. The Balaban J connectivity index is 3.99. The van der Waals surface area contributed by atoms with Gasteiger partial charge in [0.05, 0.1) is 18.8 Å². The molecule has 0 unspecified atom stereocenters. The number of rotatable bonds is 5. The minimum atomic E-state index is -3.46. The fourth-order valence-corrected chi connectivity index (χ4v) is 0.824. The standard InChI is InChI=1S/C10H18F2O3/c1-5-14-8(13)10(11,12)6-7-15-9(2,3)4/h5-7H2,1-4H3. The lowest BCUT2D eigenvalue weighted by Gasteiger charge is -2.21. The molecule has 0 radical (unpaired) electrons. The summed E-state index contributed by atoms with van der Waals surface area (Å²) in [5, 5.41) is 0. The molecular weight excluding hydrogens is 206 g/mol. The molecular formula is C10H18F2O3. The summed E-state index contributed by atoms with van der Waals surface area (Å²) in [6.07, 6.45) is -0.650. The van der Waals surface area contributed by atoms with Gasteiger partial charge < -0.3 is 9.47 Å². The molecule has 0 saturated heterocycles. The second-order valence-corrected chi connectivity index (χ2v) is 4.14. The maximum Gasteiger partial charge on any atom is 0.377 e. The SMILES string of the molecule is CCOC(=O)C(F)(F)CCOC(C)(C)C. The van der Waals surface area contributed by atoms with Gasteiger partial charge in [-0.3, -0.25) is 0 Å². The average Bonchev–Trinajstić information content (AvgIpc) is 2.01. The summed E-state index contributed by atoms with van der Waals surface area (Å²) in [7, 11) is 0. The van der Waals surface area contributed by atoms with Crippen molar-refractivity contribution in [2.45, 2.75) is 45.6 Å². The Hall–Kier alpha value is -0.710. The molecule has 5 heteroatoms. The van der Waals surface area contributed by atoms with Crippen molar-refractivity contribution in [3.63, 3.8) is 0 Å². The highest BCUT2D eigenvalue weighted by molar-refractivity contribution is 5.77. The van der Waals surface area contributed by atoms with E-state index in [0.717, 1.165) is 0 Å². The zero-order valence-electron chi connectivity index (χ0n) is 9.60. The predicted molar refractivity (Wildman–Crippen MR) is 51.9 cm³/mol. The van der Waals surface area contributed by atoms with Gasteiger partial charge in [-0.1, -0.05) is 0 Å². The third kappa shape index (κ3) is 6.38. The molecule has 0 aromatic heterocycles. The lowest BCUT2D eigenvalue weighted by atomic mass is 10.2. The van der Waals surface area contributed by atoms with Gasteiger partial charge in [-0.05, 0) is 27.7 Å². The Kier molecular flexibility index (Phi) is 5.14. The van der Waals surface area contributed by atoms with Crippen LogP contribution in [0.4, 0.5) is 8.78 Å². The van der Waals surface area contributed by atoms with Crippen LogP contribution in [-0.2, 0) is 14.3 Å². The van der Waals surface area contributed by atoms with Gasteiger partial charge in [0.1, 0.15) is 0 Å². The molecule has 0 heterocycles. The summed E-state index contributed by atoms with van der Waals surface area (Å²) in [4.78, 5) is 10.8. The summed E-state index contributed by atoms with van der Waals surface area (Å²) in [6, 6.07) is 0. The van der Waals surface area contributed by atoms with E-state index in [0.29, 0.717) is 0 Å². The minimum absolute atomic E-state index is 0.0471. The molecule has 15 heavy (non-hydrogen) atoms. The Labute approximate surface area is 88.7 Å². The first-order valence-corrected chi connectivity index (χ1v) is 4.88. The molecule has 0 spiro atoms. The van der Waals surface area contributed by atoms with Crippen LogP contribution in [0.2, 0.25) is 0 Å². The smallest absolute Gasteiger partial charge is 0.377 e. The van der Waals surface area contributed by atoms with Crippen LogP contribution in [0.15, 0.2) is 0 Å². The van der Waals surface area contributed by atoms with Crippen molar-refractivity contribution in [2.24, 2.45) is 0 Å². The predicted octanol–water partition coefficient (Wildman–Crippen LogP) is 2.39. The first-order valence-electron chi connectivity index (χ1n) is 4.88. The zero-order valence-corrected chi connectivity index (χ0v) is 9.60. The molecule has 0 aromatic carbocycles. The summed E-state index contributed by atoms with van der Waals surface area (Å²) < 4.78 is 35.4. The lowest BCUT2D eigenvalue weighted by Crippen LogP contribution is -2.33. The topological polar surface area (TPSA) is 35.5 Å². The molecule has 90 valence electrons. The number of carbonyl (C=O) groups excluding carboxylic acids is 1. The Morgan fingerprint density at radius 3 is 2.20 bits per heavy atom. The molecule has 0 fully saturated rings. The van der Waals surface area contributed by atoms with E-state index in [4.69, 9.17) is 4.74 Å². The Morgan fingerprint density at radius 2 is 1.80 bits per heavy atom. The molecule has 0 amide bonds. The second kappa shape index (κ2) is 5.39. The van der Waals surface area contributed by atoms with E-state index in [1.807, 2.05) is 0 Å². The van der Waals surface area contributed by atoms with Crippen molar-refractivity contribution >= 4 is 5.97 Å². The van der Waals surface area contributed by atoms with Crippen molar-refractivity contribution in [1.82, 2.24) is 0 Å². The number of hydrogen-bond acceptors (Lipinski definition) is 3. The van der Waals surface area contributed by atoms with E-state index >= 15 is 0 Å². The van der Waals surface area contributed by atoms with E-state index in [1.54, 1.807) is 20.8 Å². The number of hydrogen-bond donors (Lipinski definition) is 0. The highest BCUT2D eigenvalue weighted by atomic mass is 19.3. The largest absolute Gasteiger partial charge is 0.462 e. The summed E-state index contributed by atoms with van der Waals surface area (Å²) in [6.45, 7) is 6.55. The normalized spacial score (nSPS) is 12.7. The monoisotopic (exact) mass is 224 g/mol. The van der Waals surface area contributed by atoms with Crippen molar-refractivity contribution in [3.05, 3.63) is 0 Å². The van der Waals surface area contributed by atoms with Crippen LogP contribution in [0.3, 0.4) is 0 Å². The fraction of sp³-hybridized carbons (Fsp3) is 0.900. The van der Waals surface area contributed by atoms with Crippen LogP contribution in [0, 0.1) is 0 Å². The molecule has 0 saturated carbocycles. The molecule has 3 nitrogen and oxygen atoms in total. The Bertz CT molecular complexity index is 209. The number of carbonyl (C=O) groups is 1. The molecule has 0 N–H and O–H groups in total. The highest BCUT2D eigenvalue weighted by Gasteiger charge is 2.40. The Morgan fingerprint density at radius 1 is 1.27 bits per heavy atom. The first kappa shape index (κ1) is 14.3. The van der Waals surface area contributed by atoms with E-state index < -0.39 is 23.9 Å². The molecule has 0 aliphatic heterocycles. The van der Waals surface area contributed by atoms with Crippen LogP contribution in [0.5, 0.6) is 0 Å². The summed E-state index contributed by atoms with van der Waals surface area (Å²) in [5.41, 5.74) is -0.481. The quantitative estimate of drug-likeness (QED) is 0.672. The number of alkyl halides is 2. The maximum absolute atomic E-state index is 13.0. The minimum Gasteiger partial charge on any atom is -0.462 e. The van der Waals surface area contributed by atoms with Gasteiger partial charge in [-0.2, -0.15) is 8.78 Å². The molecule has 0 atom stereocenters. The molecule has 0 rings (SSSR count). The van der Waals surface area contributed by atoms with Gasteiger partial charge in [0.15, 0.2) is 0 Å². The summed E-state index contributed by atoms with van der Waals surface area (Å²) in [5.74, 6) is -4.94. The van der Waals surface area contributed by atoms with Gasteiger partial charge in [0, 0.05) is 6.42 Å². The van der Waals surface area contributed by atoms with Crippen molar-refractivity contribution in [1.29, 1.82) is 0 Å². The second-order valence-electron chi connectivity index (χ2n) is 4.14. The van der Waals surface area contributed by atoms with Crippen LogP contribution >= 0.6 is 0 Å². The lowest BCUT2D eigenvalue weighted by molar-refractivity contribution is -0.175. The number of halogens is 2. The van der Waals surface area contributed by atoms with Gasteiger partial charge in [0.2, 0.25) is 0 Å². The molecule has 0 bridgehead atoms. The van der Waals surface area contributed by atoms with Crippen molar-refractivity contribution < 1.29 is 23.0 Å². The fourth-order valence-electron chi connectivity index (χ4n) is 0.824. The summed E-state index contributed by atoms with van der Waals surface area (Å²) >= 11 is 0. The highest BCUT2D eigenvalue weighted by Crippen LogP contribution is 2.21.